The van der Waals surface area contributed by atoms with Gasteiger partial charge in [0.1, 0.15) is 0 Å². The topological polar surface area (TPSA) is 37.0 Å². The highest BCUT2D eigenvalue weighted by Gasteiger charge is 2.29. The van der Waals surface area contributed by atoms with Crippen LogP contribution < -0.4 is 10.0 Å². The number of aromatic nitrogens is 1. The fourth-order valence-electron chi connectivity index (χ4n) is 2.50. The second-order valence-electron chi connectivity index (χ2n) is 5.83. The number of nitrogens with zero attached hydrogens (tertiary/aromatic N) is 1. The van der Waals surface area contributed by atoms with Crippen LogP contribution in [0.4, 0.5) is 18.9 Å². The molecule has 0 saturated carbocycles. The van der Waals surface area contributed by atoms with Crippen molar-refractivity contribution in [2.24, 2.45) is 0 Å². The molecule has 0 unspecified atom stereocenters. The summed E-state index contributed by atoms with van der Waals surface area (Å²) in [6.07, 6.45) is -2.54. The van der Waals surface area contributed by atoms with E-state index in [1.165, 1.54) is 24.1 Å². The van der Waals surface area contributed by atoms with Crippen LogP contribution in [0.3, 0.4) is 0 Å². The van der Waals surface area contributed by atoms with Gasteiger partial charge < -0.3 is 10.0 Å². The SMILES string of the molecule is C=CCNCc1ccc2cccc(NSc3ccc(C(F)(F)F)cc3)c2n1. The molecule has 1 heterocycles. The Morgan fingerprint density at radius 1 is 1.04 bits per heavy atom. The van der Waals surface area contributed by atoms with E-state index >= 15 is 0 Å². The number of hydrogen-bond donors (Lipinski definition) is 2. The minimum absolute atomic E-state index is 0.627. The van der Waals surface area contributed by atoms with Gasteiger partial charge >= 0.3 is 6.18 Å². The lowest BCUT2D eigenvalue weighted by atomic mass is 10.2. The highest BCUT2D eigenvalue weighted by molar-refractivity contribution is 8.00. The number of para-hydroxylation sites is 1. The maximum Gasteiger partial charge on any atom is 0.416 e. The van der Waals surface area contributed by atoms with Gasteiger partial charge in [0.2, 0.25) is 0 Å². The van der Waals surface area contributed by atoms with Crippen LogP contribution in [0.5, 0.6) is 0 Å². The summed E-state index contributed by atoms with van der Waals surface area (Å²) in [4.78, 5) is 5.37. The van der Waals surface area contributed by atoms with Crippen molar-refractivity contribution >= 4 is 28.5 Å². The predicted molar refractivity (Wildman–Crippen MR) is 105 cm³/mol. The normalized spacial score (nSPS) is 11.5. The Hall–Kier alpha value is -2.51. The van der Waals surface area contributed by atoms with E-state index in [1.54, 1.807) is 6.08 Å². The average molecular weight is 389 g/mol. The molecule has 0 aliphatic carbocycles. The van der Waals surface area contributed by atoms with E-state index in [9.17, 15) is 13.2 Å². The maximum atomic E-state index is 12.7. The van der Waals surface area contributed by atoms with Crippen LogP contribution in [0.25, 0.3) is 10.9 Å². The third-order valence-corrected chi connectivity index (χ3v) is 4.66. The van der Waals surface area contributed by atoms with Gasteiger partial charge in [0.15, 0.2) is 0 Å². The molecule has 2 N–H and O–H groups in total. The smallest absolute Gasteiger partial charge is 0.324 e. The molecule has 2 aromatic carbocycles. The van der Waals surface area contributed by atoms with Crippen molar-refractivity contribution < 1.29 is 13.2 Å². The monoisotopic (exact) mass is 389 g/mol. The van der Waals surface area contributed by atoms with Crippen molar-refractivity contribution in [3.05, 3.63) is 78.5 Å². The van der Waals surface area contributed by atoms with Crippen molar-refractivity contribution in [2.75, 3.05) is 11.3 Å². The van der Waals surface area contributed by atoms with E-state index < -0.39 is 11.7 Å². The summed E-state index contributed by atoms with van der Waals surface area (Å²) in [6.45, 7) is 4.99. The standard InChI is InChI=1S/C20H18F3N3S/c1-2-12-24-13-16-9-6-14-4-3-5-18(19(14)25-16)26-27-17-10-7-15(8-11-17)20(21,22)23/h2-11,24,26H,1,12-13H2. The highest BCUT2D eigenvalue weighted by Crippen LogP contribution is 2.32. The Morgan fingerprint density at radius 2 is 1.81 bits per heavy atom. The molecule has 0 aliphatic heterocycles. The molecule has 1 aromatic heterocycles. The van der Waals surface area contributed by atoms with E-state index in [0.717, 1.165) is 34.4 Å². The first-order valence-electron chi connectivity index (χ1n) is 8.28. The average Bonchev–Trinajstić information content (AvgIpc) is 2.66. The van der Waals surface area contributed by atoms with Gasteiger partial charge in [0, 0.05) is 23.4 Å². The van der Waals surface area contributed by atoms with Gasteiger partial charge in [-0.1, -0.05) is 24.3 Å². The third-order valence-electron chi connectivity index (χ3n) is 3.83. The van der Waals surface area contributed by atoms with E-state index in [4.69, 9.17) is 0 Å². The molecule has 0 radical (unpaired) electrons. The van der Waals surface area contributed by atoms with Crippen LogP contribution in [0.15, 0.2) is 72.1 Å². The van der Waals surface area contributed by atoms with Gasteiger partial charge in [-0.2, -0.15) is 13.2 Å². The Morgan fingerprint density at radius 3 is 2.52 bits per heavy atom. The van der Waals surface area contributed by atoms with Gasteiger partial charge in [0.05, 0.1) is 22.5 Å². The minimum atomic E-state index is -4.33. The third kappa shape index (κ3) is 5.02. The summed E-state index contributed by atoms with van der Waals surface area (Å²) < 4.78 is 41.2. The van der Waals surface area contributed by atoms with Crippen LogP contribution in [-0.4, -0.2) is 11.5 Å². The van der Waals surface area contributed by atoms with Crippen molar-refractivity contribution in [1.82, 2.24) is 10.3 Å². The number of rotatable bonds is 7. The molecule has 27 heavy (non-hydrogen) atoms. The molecule has 7 heteroatoms. The summed E-state index contributed by atoms with van der Waals surface area (Å²) in [5.74, 6) is 0. The zero-order valence-electron chi connectivity index (χ0n) is 14.4. The summed E-state index contributed by atoms with van der Waals surface area (Å²) in [6, 6.07) is 14.8. The molecule has 0 spiro atoms. The molecule has 0 aliphatic rings. The Kier molecular flexibility index (Phi) is 6.03. The molecule has 0 bridgehead atoms. The molecule has 0 atom stereocenters. The molecule has 3 nitrogen and oxygen atoms in total. The first-order valence-corrected chi connectivity index (χ1v) is 9.09. The Labute approximate surface area is 159 Å². The molecule has 140 valence electrons. The second kappa shape index (κ2) is 8.45. The van der Waals surface area contributed by atoms with Crippen LogP contribution in [0, 0.1) is 0 Å². The van der Waals surface area contributed by atoms with Crippen molar-refractivity contribution in [2.45, 2.75) is 17.6 Å². The largest absolute Gasteiger partial charge is 0.416 e. The fraction of sp³-hybridized carbons (Fsp3) is 0.150. The lowest BCUT2D eigenvalue weighted by molar-refractivity contribution is -0.137. The predicted octanol–water partition coefficient (Wildman–Crippen LogP) is 5.65. The van der Waals surface area contributed by atoms with Crippen LogP contribution in [0.1, 0.15) is 11.3 Å². The first kappa shape index (κ1) is 19.3. The number of nitrogens with one attached hydrogen (secondary N) is 2. The molecular weight excluding hydrogens is 371 g/mol. The minimum Gasteiger partial charge on any atom is -0.324 e. The van der Waals surface area contributed by atoms with Crippen LogP contribution in [-0.2, 0) is 12.7 Å². The van der Waals surface area contributed by atoms with Gasteiger partial charge in [-0.3, -0.25) is 0 Å². The Bertz CT molecular complexity index is 924. The molecule has 0 fully saturated rings. The van der Waals surface area contributed by atoms with Crippen LogP contribution >= 0.6 is 11.9 Å². The number of fused-ring (bicyclic) bond motifs is 1. The zero-order valence-corrected chi connectivity index (χ0v) is 15.2. The highest BCUT2D eigenvalue weighted by atomic mass is 32.2. The lowest BCUT2D eigenvalue weighted by Crippen LogP contribution is -2.13. The molecule has 3 aromatic rings. The quantitative estimate of drug-likeness (QED) is 0.311. The van der Waals surface area contributed by atoms with Crippen LogP contribution in [0.2, 0.25) is 0 Å². The number of halogens is 3. The maximum absolute atomic E-state index is 12.7. The zero-order chi connectivity index (χ0) is 19.3. The summed E-state index contributed by atoms with van der Waals surface area (Å²) in [5, 5.41) is 4.20. The van der Waals surface area contributed by atoms with E-state index in [2.05, 4.69) is 21.6 Å². The van der Waals surface area contributed by atoms with Gasteiger partial charge in [-0.15, -0.1) is 6.58 Å². The number of hydrogen-bond acceptors (Lipinski definition) is 4. The van der Waals surface area contributed by atoms with Gasteiger partial charge in [0.25, 0.3) is 0 Å². The summed E-state index contributed by atoms with van der Waals surface area (Å²) in [5.41, 5.74) is 1.87. The van der Waals surface area contributed by atoms with Crippen molar-refractivity contribution in [3.63, 3.8) is 0 Å². The van der Waals surface area contributed by atoms with E-state index in [1.807, 2.05) is 30.3 Å². The summed E-state index contributed by atoms with van der Waals surface area (Å²) in [7, 11) is 0. The number of alkyl halides is 3. The number of benzene rings is 2. The van der Waals surface area contributed by atoms with Gasteiger partial charge in [-0.25, -0.2) is 4.98 Å². The van der Waals surface area contributed by atoms with Crippen molar-refractivity contribution in [1.29, 1.82) is 0 Å². The first-order chi connectivity index (χ1) is 13.0. The fourth-order valence-corrected chi connectivity index (χ4v) is 3.16. The molecule has 0 amide bonds. The van der Waals surface area contributed by atoms with Crippen molar-refractivity contribution in [3.8, 4) is 0 Å². The molecular formula is C20H18F3N3S. The second-order valence-corrected chi connectivity index (χ2v) is 6.71. The van der Waals surface area contributed by atoms with E-state index in [-0.39, 0.29) is 0 Å². The molecule has 3 rings (SSSR count). The van der Waals surface area contributed by atoms with E-state index in [0.29, 0.717) is 18.0 Å². The Balaban J connectivity index is 1.75. The lowest BCUT2D eigenvalue weighted by Gasteiger charge is -2.11. The summed E-state index contributed by atoms with van der Waals surface area (Å²) >= 11 is 1.25. The number of anilines is 1. The number of pyridine rings is 1. The molecule has 0 saturated heterocycles. The van der Waals surface area contributed by atoms with Gasteiger partial charge in [-0.05, 0) is 48.3 Å².